The lowest BCUT2D eigenvalue weighted by atomic mass is 9.97. The van der Waals surface area contributed by atoms with Crippen LogP contribution in [0.3, 0.4) is 0 Å². The molecule has 5 heteroatoms. The molecule has 1 aromatic heterocycles. The SMILES string of the molecule is CC(C)(C)CNC(=O)c1cc(Br)c(Br)s1. The van der Waals surface area contributed by atoms with Crippen molar-refractivity contribution in [3.63, 3.8) is 0 Å². The average Bonchev–Trinajstić information content (AvgIpc) is 2.42. The Hall–Kier alpha value is 0.130. The highest BCUT2D eigenvalue weighted by Gasteiger charge is 2.15. The highest BCUT2D eigenvalue weighted by molar-refractivity contribution is 9.13. The Morgan fingerprint density at radius 2 is 2.07 bits per heavy atom. The van der Waals surface area contributed by atoms with Crippen molar-refractivity contribution in [3.05, 3.63) is 19.2 Å². The van der Waals surface area contributed by atoms with Gasteiger partial charge in [0.1, 0.15) is 0 Å². The van der Waals surface area contributed by atoms with Gasteiger partial charge >= 0.3 is 0 Å². The molecular formula is C10H13Br2NOS. The lowest BCUT2D eigenvalue weighted by Crippen LogP contribution is -2.31. The molecule has 0 aromatic carbocycles. The topological polar surface area (TPSA) is 29.1 Å². The summed E-state index contributed by atoms with van der Waals surface area (Å²) >= 11 is 8.16. The number of amides is 1. The quantitative estimate of drug-likeness (QED) is 0.852. The second-order valence-electron chi connectivity index (χ2n) is 4.48. The van der Waals surface area contributed by atoms with Crippen LogP contribution < -0.4 is 5.32 Å². The molecule has 0 aliphatic heterocycles. The molecular weight excluding hydrogens is 342 g/mol. The van der Waals surface area contributed by atoms with Crippen LogP contribution in [0, 0.1) is 5.41 Å². The maximum Gasteiger partial charge on any atom is 0.261 e. The van der Waals surface area contributed by atoms with Crippen LogP contribution in [0.15, 0.2) is 14.3 Å². The first-order chi connectivity index (χ1) is 6.79. The monoisotopic (exact) mass is 353 g/mol. The predicted molar refractivity (Wildman–Crippen MR) is 71.5 cm³/mol. The van der Waals surface area contributed by atoms with Crippen molar-refractivity contribution >= 4 is 49.1 Å². The molecule has 1 rings (SSSR count). The van der Waals surface area contributed by atoms with E-state index in [0.717, 1.165) is 13.1 Å². The largest absolute Gasteiger partial charge is 0.351 e. The van der Waals surface area contributed by atoms with Crippen molar-refractivity contribution in [2.45, 2.75) is 20.8 Å². The van der Waals surface area contributed by atoms with E-state index < -0.39 is 0 Å². The van der Waals surface area contributed by atoms with E-state index in [9.17, 15) is 4.79 Å². The maximum atomic E-state index is 11.7. The van der Waals surface area contributed by atoms with E-state index in [-0.39, 0.29) is 11.3 Å². The van der Waals surface area contributed by atoms with Crippen molar-refractivity contribution in [3.8, 4) is 0 Å². The van der Waals surface area contributed by atoms with Gasteiger partial charge in [0.2, 0.25) is 0 Å². The smallest absolute Gasteiger partial charge is 0.261 e. The number of carbonyl (C=O) groups excluding carboxylic acids is 1. The summed E-state index contributed by atoms with van der Waals surface area (Å²) in [5.41, 5.74) is 0.112. The van der Waals surface area contributed by atoms with Crippen LogP contribution in [0.4, 0.5) is 0 Å². The Balaban J connectivity index is 2.62. The fourth-order valence-electron chi connectivity index (χ4n) is 0.891. The predicted octanol–water partition coefficient (Wildman–Crippen LogP) is 4.05. The molecule has 1 amide bonds. The number of hydrogen-bond donors (Lipinski definition) is 1. The fourth-order valence-corrected chi connectivity index (χ4v) is 2.84. The minimum atomic E-state index is -0.0127. The number of hydrogen-bond acceptors (Lipinski definition) is 2. The zero-order valence-electron chi connectivity index (χ0n) is 8.86. The Kier molecular flexibility index (Phi) is 4.38. The van der Waals surface area contributed by atoms with Gasteiger partial charge < -0.3 is 5.32 Å². The number of nitrogens with one attached hydrogen (secondary N) is 1. The van der Waals surface area contributed by atoms with Gasteiger partial charge in [-0.1, -0.05) is 20.8 Å². The minimum Gasteiger partial charge on any atom is -0.351 e. The third-order valence-electron chi connectivity index (χ3n) is 1.65. The summed E-state index contributed by atoms with van der Waals surface area (Å²) in [4.78, 5) is 12.4. The molecule has 0 radical (unpaired) electrons. The lowest BCUT2D eigenvalue weighted by molar-refractivity contribution is 0.0943. The summed E-state index contributed by atoms with van der Waals surface area (Å²) in [7, 11) is 0. The molecule has 0 bridgehead atoms. The molecule has 0 aliphatic carbocycles. The molecule has 15 heavy (non-hydrogen) atoms. The Bertz CT molecular complexity index is 348. The zero-order chi connectivity index (χ0) is 11.6. The molecule has 0 atom stereocenters. The number of rotatable bonds is 2. The third-order valence-corrected chi connectivity index (χ3v) is 4.90. The first-order valence-corrected chi connectivity index (χ1v) is 6.93. The van der Waals surface area contributed by atoms with Crippen LogP contribution >= 0.6 is 43.2 Å². The van der Waals surface area contributed by atoms with E-state index in [1.165, 1.54) is 11.3 Å². The molecule has 84 valence electrons. The van der Waals surface area contributed by atoms with Crippen LogP contribution in [-0.2, 0) is 0 Å². The highest BCUT2D eigenvalue weighted by atomic mass is 79.9. The van der Waals surface area contributed by atoms with Gasteiger partial charge in [0.15, 0.2) is 0 Å². The molecule has 2 nitrogen and oxygen atoms in total. The standard InChI is InChI=1S/C10H13Br2NOS/c1-10(2,3)5-13-9(14)7-4-6(11)8(12)15-7/h4H,5H2,1-3H3,(H,13,14). The van der Waals surface area contributed by atoms with Crippen molar-refractivity contribution in [1.29, 1.82) is 0 Å². The molecule has 0 unspecified atom stereocenters. The highest BCUT2D eigenvalue weighted by Crippen LogP contribution is 2.32. The van der Waals surface area contributed by atoms with Gasteiger partial charge in [0.25, 0.3) is 5.91 Å². The van der Waals surface area contributed by atoms with Crippen LogP contribution in [0.1, 0.15) is 30.4 Å². The summed E-state index contributed by atoms with van der Waals surface area (Å²) in [5, 5.41) is 2.91. The Labute approximate surface area is 111 Å². The number of halogens is 2. The summed E-state index contributed by atoms with van der Waals surface area (Å²) in [6.07, 6.45) is 0. The third kappa shape index (κ3) is 4.25. The fraction of sp³-hybridized carbons (Fsp3) is 0.500. The van der Waals surface area contributed by atoms with Crippen LogP contribution in [0.25, 0.3) is 0 Å². The number of thiophene rings is 1. The van der Waals surface area contributed by atoms with Crippen LogP contribution in [0.2, 0.25) is 0 Å². The summed E-state index contributed by atoms with van der Waals surface area (Å²) < 4.78 is 1.87. The van der Waals surface area contributed by atoms with Gasteiger partial charge in [-0.3, -0.25) is 4.79 Å². The van der Waals surface area contributed by atoms with Gasteiger partial charge in [-0.05, 0) is 43.3 Å². The van der Waals surface area contributed by atoms with Crippen molar-refractivity contribution in [2.24, 2.45) is 5.41 Å². The average molecular weight is 355 g/mol. The van der Waals surface area contributed by atoms with Crippen molar-refractivity contribution in [2.75, 3.05) is 6.54 Å². The zero-order valence-corrected chi connectivity index (χ0v) is 12.8. The normalized spacial score (nSPS) is 11.5. The Morgan fingerprint density at radius 3 is 2.47 bits per heavy atom. The summed E-state index contributed by atoms with van der Waals surface area (Å²) in [5.74, 6) is -0.0127. The van der Waals surface area contributed by atoms with Gasteiger partial charge in [-0.25, -0.2) is 0 Å². The maximum absolute atomic E-state index is 11.7. The summed E-state index contributed by atoms with van der Waals surface area (Å²) in [6, 6.07) is 1.83. The van der Waals surface area contributed by atoms with E-state index >= 15 is 0 Å². The van der Waals surface area contributed by atoms with Crippen LogP contribution in [0.5, 0.6) is 0 Å². The van der Waals surface area contributed by atoms with E-state index in [1.807, 2.05) is 6.07 Å². The van der Waals surface area contributed by atoms with Gasteiger partial charge in [-0.2, -0.15) is 0 Å². The van der Waals surface area contributed by atoms with Crippen molar-refractivity contribution in [1.82, 2.24) is 5.32 Å². The minimum absolute atomic E-state index is 0.0127. The second-order valence-corrected chi connectivity index (χ2v) is 7.70. The van der Waals surface area contributed by atoms with Crippen molar-refractivity contribution < 1.29 is 4.79 Å². The molecule has 0 spiro atoms. The molecule has 0 saturated carbocycles. The lowest BCUT2D eigenvalue weighted by Gasteiger charge is -2.18. The van der Waals surface area contributed by atoms with Gasteiger partial charge in [0, 0.05) is 11.0 Å². The van der Waals surface area contributed by atoms with Gasteiger partial charge in [-0.15, -0.1) is 11.3 Å². The van der Waals surface area contributed by atoms with E-state index in [0.29, 0.717) is 6.54 Å². The van der Waals surface area contributed by atoms with E-state index in [2.05, 4.69) is 57.9 Å². The first kappa shape index (κ1) is 13.2. The second kappa shape index (κ2) is 4.97. The van der Waals surface area contributed by atoms with E-state index in [1.54, 1.807) is 0 Å². The van der Waals surface area contributed by atoms with Gasteiger partial charge in [0.05, 0.1) is 8.66 Å². The number of carbonyl (C=O) groups is 1. The molecule has 1 heterocycles. The molecule has 1 N–H and O–H groups in total. The first-order valence-electron chi connectivity index (χ1n) is 4.52. The molecule has 0 saturated heterocycles. The molecule has 1 aromatic rings. The van der Waals surface area contributed by atoms with Crippen LogP contribution in [-0.4, -0.2) is 12.5 Å². The Morgan fingerprint density at radius 1 is 1.47 bits per heavy atom. The molecule has 0 fully saturated rings. The molecule has 0 aliphatic rings. The summed E-state index contributed by atoms with van der Waals surface area (Å²) in [6.45, 7) is 6.95. The van der Waals surface area contributed by atoms with E-state index in [4.69, 9.17) is 0 Å².